The molecule has 2 N–H and O–H groups in total. The molecule has 7 nitrogen and oxygen atoms in total. The summed E-state index contributed by atoms with van der Waals surface area (Å²) >= 11 is 0. The summed E-state index contributed by atoms with van der Waals surface area (Å²) < 4.78 is 7.16. The first-order valence-electron chi connectivity index (χ1n) is 8.82. The lowest BCUT2D eigenvalue weighted by Crippen LogP contribution is -2.38. The summed E-state index contributed by atoms with van der Waals surface area (Å²) in [4.78, 5) is 8.63. The number of rotatable bonds is 10. The zero-order chi connectivity index (χ0) is 17.7. The molecule has 1 aromatic carbocycles. The molecule has 0 aliphatic rings. The van der Waals surface area contributed by atoms with Gasteiger partial charge in [-0.15, -0.1) is 0 Å². The van der Waals surface area contributed by atoms with Gasteiger partial charge in [0, 0.05) is 26.3 Å². The lowest BCUT2D eigenvalue weighted by atomic mass is 10.1. The van der Waals surface area contributed by atoms with Crippen molar-refractivity contribution in [3.8, 4) is 0 Å². The third kappa shape index (κ3) is 7.34. The van der Waals surface area contributed by atoms with E-state index in [1.165, 1.54) is 11.1 Å². The molecule has 0 aliphatic carbocycles. The lowest BCUT2D eigenvalue weighted by Gasteiger charge is -2.11. The van der Waals surface area contributed by atoms with Crippen molar-refractivity contribution in [2.24, 2.45) is 4.99 Å². The van der Waals surface area contributed by atoms with Crippen molar-refractivity contribution in [2.75, 3.05) is 26.3 Å². The number of hydrogen-bond acceptors (Lipinski definition) is 4. The smallest absolute Gasteiger partial charge is 0.191 e. The first-order chi connectivity index (χ1) is 12.3. The Bertz CT molecular complexity index is 626. The van der Waals surface area contributed by atoms with Crippen LogP contribution in [0.25, 0.3) is 0 Å². The number of guanidine groups is 1. The van der Waals surface area contributed by atoms with Crippen molar-refractivity contribution in [3.63, 3.8) is 0 Å². The van der Waals surface area contributed by atoms with E-state index in [1.807, 2.05) is 11.6 Å². The van der Waals surface area contributed by atoms with Crippen LogP contribution in [-0.2, 0) is 17.8 Å². The molecule has 7 heteroatoms. The van der Waals surface area contributed by atoms with Crippen molar-refractivity contribution in [3.05, 3.63) is 48.0 Å². The highest BCUT2D eigenvalue weighted by Gasteiger charge is 2.00. The molecule has 0 saturated heterocycles. The average Bonchev–Trinajstić information content (AvgIpc) is 3.13. The number of ether oxygens (including phenoxy) is 1. The SMILES string of the molecule is CCNC(=NCc1cccc(Cn2cncn2)c1)NCCCOCC. The molecule has 0 fully saturated rings. The number of nitrogens with one attached hydrogen (secondary N) is 2. The molecule has 0 aliphatic heterocycles. The molecule has 0 atom stereocenters. The Morgan fingerprint density at radius 3 is 2.88 bits per heavy atom. The summed E-state index contributed by atoms with van der Waals surface area (Å²) in [5.74, 6) is 0.834. The van der Waals surface area contributed by atoms with Crippen LogP contribution in [-0.4, -0.2) is 47.0 Å². The van der Waals surface area contributed by atoms with Crippen molar-refractivity contribution in [1.82, 2.24) is 25.4 Å². The van der Waals surface area contributed by atoms with Crippen LogP contribution in [0.4, 0.5) is 0 Å². The van der Waals surface area contributed by atoms with Gasteiger partial charge in [0.15, 0.2) is 5.96 Å². The molecule has 0 spiro atoms. The molecule has 1 aromatic heterocycles. The summed E-state index contributed by atoms with van der Waals surface area (Å²) in [6.45, 7) is 8.64. The van der Waals surface area contributed by atoms with E-state index < -0.39 is 0 Å². The molecule has 25 heavy (non-hydrogen) atoms. The van der Waals surface area contributed by atoms with Crippen LogP contribution in [0.2, 0.25) is 0 Å². The standard InChI is InChI=1S/C18H28N6O/c1-3-20-18(21-9-6-10-25-4-2)22-12-16-7-5-8-17(11-16)13-24-15-19-14-23-24/h5,7-8,11,14-15H,3-4,6,9-10,12-13H2,1-2H3,(H2,20,21,22). The molecule has 0 saturated carbocycles. The molecular formula is C18H28N6O. The van der Waals surface area contributed by atoms with Gasteiger partial charge in [0.2, 0.25) is 0 Å². The van der Waals surface area contributed by atoms with Gasteiger partial charge in [-0.25, -0.2) is 14.7 Å². The number of nitrogens with zero attached hydrogens (tertiary/aromatic N) is 4. The quantitative estimate of drug-likeness (QED) is 0.390. The molecule has 0 bridgehead atoms. The summed E-state index contributed by atoms with van der Waals surface area (Å²) in [7, 11) is 0. The highest BCUT2D eigenvalue weighted by molar-refractivity contribution is 5.79. The Hall–Kier alpha value is -2.41. The summed E-state index contributed by atoms with van der Waals surface area (Å²) in [5.41, 5.74) is 2.36. The predicted octanol–water partition coefficient (Wildman–Crippen LogP) is 1.81. The first kappa shape index (κ1) is 18.9. The van der Waals surface area contributed by atoms with E-state index in [0.717, 1.165) is 38.7 Å². The summed E-state index contributed by atoms with van der Waals surface area (Å²) in [6, 6.07) is 8.39. The normalized spacial score (nSPS) is 11.5. The predicted molar refractivity (Wildman–Crippen MR) is 99.5 cm³/mol. The van der Waals surface area contributed by atoms with E-state index in [4.69, 9.17) is 4.74 Å². The maximum Gasteiger partial charge on any atom is 0.191 e. The van der Waals surface area contributed by atoms with Crippen LogP contribution in [0, 0.1) is 0 Å². The van der Waals surface area contributed by atoms with Crippen LogP contribution >= 0.6 is 0 Å². The molecular weight excluding hydrogens is 316 g/mol. The number of hydrogen-bond donors (Lipinski definition) is 2. The Morgan fingerprint density at radius 1 is 1.24 bits per heavy atom. The second kappa shape index (κ2) is 11.2. The number of benzene rings is 1. The highest BCUT2D eigenvalue weighted by Crippen LogP contribution is 2.08. The van der Waals surface area contributed by atoms with Crippen LogP contribution in [0.1, 0.15) is 31.4 Å². The number of aliphatic imine (C=N–C) groups is 1. The monoisotopic (exact) mass is 344 g/mol. The van der Waals surface area contributed by atoms with Gasteiger partial charge < -0.3 is 15.4 Å². The Morgan fingerprint density at radius 2 is 2.12 bits per heavy atom. The summed E-state index contributed by atoms with van der Waals surface area (Å²) in [6.07, 6.45) is 4.24. The van der Waals surface area contributed by atoms with Crippen LogP contribution in [0.5, 0.6) is 0 Å². The average molecular weight is 344 g/mol. The highest BCUT2D eigenvalue weighted by atomic mass is 16.5. The zero-order valence-corrected chi connectivity index (χ0v) is 15.1. The van der Waals surface area contributed by atoms with Gasteiger partial charge in [0.1, 0.15) is 12.7 Å². The minimum atomic E-state index is 0.631. The van der Waals surface area contributed by atoms with E-state index in [0.29, 0.717) is 13.1 Å². The second-order valence-corrected chi connectivity index (χ2v) is 5.59. The van der Waals surface area contributed by atoms with Crippen LogP contribution < -0.4 is 10.6 Å². The third-order valence-corrected chi connectivity index (χ3v) is 3.53. The van der Waals surface area contributed by atoms with Crippen LogP contribution in [0.3, 0.4) is 0 Å². The third-order valence-electron chi connectivity index (χ3n) is 3.53. The minimum absolute atomic E-state index is 0.631. The molecule has 2 rings (SSSR count). The van der Waals surface area contributed by atoms with E-state index in [2.05, 4.69) is 56.9 Å². The van der Waals surface area contributed by atoms with E-state index >= 15 is 0 Å². The fraction of sp³-hybridized carbons (Fsp3) is 0.500. The Labute approximate surface area is 149 Å². The molecule has 1 heterocycles. The Balaban J connectivity index is 1.87. The fourth-order valence-corrected chi connectivity index (χ4v) is 2.37. The van der Waals surface area contributed by atoms with Gasteiger partial charge in [-0.1, -0.05) is 24.3 Å². The topological polar surface area (TPSA) is 76.4 Å². The Kier molecular flexibility index (Phi) is 8.48. The first-order valence-corrected chi connectivity index (χ1v) is 8.82. The van der Waals surface area contributed by atoms with Crippen molar-refractivity contribution < 1.29 is 4.74 Å². The minimum Gasteiger partial charge on any atom is -0.382 e. The number of aromatic nitrogens is 3. The van der Waals surface area contributed by atoms with Crippen molar-refractivity contribution in [2.45, 2.75) is 33.4 Å². The molecule has 2 aromatic rings. The molecule has 0 radical (unpaired) electrons. The van der Waals surface area contributed by atoms with E-state index in [9.17, 15) is 0 Å². The van der Waals surface area contributed by atoms with E-state index in [-0.39, 0.29) is 0 Å². The van der Waals surface area contributed by atoms with Gasteiger partial charge >= 0.3 is 0 Å². The van der Waals surface area contributed by atoms with E-state index in [1.54, 1.807) is 12.7 Å². The van der Waals surface area contributed by atoms with Gasteiger partial charge in [-0.3, -0.25) is 0 Å². The molecule has 0 amide bonds. The molecule has 0 unspecified atom stereocenters. The maximum absolute atomic E-state index is 5.35. The van der Waals surface area contributed by atoms with Crippen LogP contribution in [0.15, 0.2) is 41.9 Å². The van der Waals surface area contributed by atoms with Gasteiger partial charge in [0.25, 0.3) is 0 Å². The zero-order valence-electron chi connectivity index (χ0n) is 15.1. The summed E-state index contributed by atoms with van der Waals surface area (Å²) in [5, 5.41) is 10.8. The second-order valence-electron chi connectivity index (χ2n) is 5.59. The van der Waals surface area contributed by atoms with Crippen molar-refractivity contribution in [1.29, 1.82) is 0 Å². The lowest BCUT2D eigenvalue weighted by molar-refractivity contribution is 0.145. The van der Waals surface area contributed by atoms with Gasteiger partial charge in [-0.05, 0) is 31.4 Å². The van der Waals surface area contributed by atoms with Crippen molar-refractivity contribution >= 4 is 5.96 Å². The van der Waals surface area contributed by atoms with Gasteiger partial charge in [-0.2, -0.15) is 5.10 Å². The maximum atomic E-state index is 5.35. The molecule has 136 valence electrons. The largest absolute Gasteiger partial charge is 0.382 e. The van der Waals surface area contributed by atoms with Gasteiger partial charge in [0.05, 0.1) is 13.1 Å². The fourth-order valence-electron chi connectivity index (χ4n) is 2.37.